The van der Waals surface area contributed by atoms with Crippen molar-refractivity contribution in [1.82, 2.24) is 0 Å². The first-order valence-electron chi connectivity index (χ1n) is 5.88. The van der Waals surface area contributed by atoms with Crippen LogP contribution < -0.4 is 4.52 Å². The molecule has 0 aliphatic carbocycles. The fourth-order valence-electron chi connectivity index (χ4n) is 1.21. The molecular weight excluding hydrogens is 303 g/mol. The van der Waals surface area contributed by atoms with E-state index in [0.29, 0.717) is 0 Å². The SMILES string of the molecule is CC(C)C(=O)OCOC(=O)c1cccc(OP(=O)(O)O)c1. The second-order valence-electron chi connectivity index (χ2n) is 4.28. The van der Waals surface area contributed by atoms with Gasteiger partial charge in [-0.3, -0.25) is 14.6 Å². The molecule has 0 heterocycles. The Bertz CT molecular complexity index is 562. The Hall–Kier alpha value is -1.89. The number of hydrogen-bond acceptors (Lipinski definition) is 6. The first-order chi connectivity index (χ1) is 9.69. The summed E-state index contributed by atoms with van der Waals surface area (Å²) in [6.07, 6.45) is 0. The van der Waals surface area contributed by atoms with Crippen LogP contribution in [0.15, 0.2) is 24.3 Å². The van der Waals surface area contributed by atoms with E-state index in [4.69, 9.17) is 14.5 Å². The number of carbonyl (C=O) groups is 2. The molecule has 1 aromatic rings. The Labute approximate surface area is 120 Å². The van der Waals surface area contributed by atoms with Gasteiger partial charge in [0, 0.05) is 0 Å². The number of carbonyl (C=O) groups excluding carboxylic acids is 2. The summed E-state index contributed by atoms with van der Waals surface area (Å²) in [7, 11) is -4.70. The standard InChI is InChI=1S/C12H15O8P/c1-8(2)11(13)18-7-19-12(14)9-4-3-5-10(6-9)20-21(15,16)17/h3-6,8H,7H2,1-2H3,(H2,15,16,17). The highest BCUT2D eigenvalue weighted by molar-refractivity contribution is 7.46. The van der Waals surface area contributed by atoms with E-state index in [9.17, 15) is 14.2 Å². The molecule has 21 heavy (non-hydrogen) atoms. The monoisotopic (exact) mass is 318 g/mol. The van der Waals surface area contributed by atoms with E-state index in [2.05, 4.69) is 9.26 Å². The van der Waals surface area contributed by atoms with Gasteiger partial charge in [-0.2, -0.15) is 0 Å². The third kappa shape index (κ3) is 6.40. The van der Waals surface area contributed by atoms with Crippen LogP contribution in [-0.4, -0.2) is 28.5 Å². The first-order valence-corrected chi connectivity index (χ1v) is 7.41. The molecule has 1 aromatic carbocycles. The van der Waals surface area contributed by atoms with Gasteiger partial charge in [0.1, 0.15) is 5.75 Å². The van der Waals surface area contributed by atoms with Crippen LogP contribution in [0.4, 0.5) is 0 Å². The molecule has 0 unspecified atom stereocenters. The van der Waals surface area contributed by atoms with E-state index >= 15 is 0 Å². The molecule has 0 saturated carbocycles. The molecule has 0 atom stereocenters. The molecule has 0 fully saturated rings. The molecule has 2 N–H and O–H groups in total. The summed E-state index contributed by atoms with van der Waals surface area (Å²) in [5, 5.41) is 0. The van der Waals surface area contributed by atoms with E-state index in [0.717, 1.165) is 6.07 Å². The predicted molar refractivity (Wildman–Crippen MR) is 70.3 cm³/mol. The number of esters is 2. The van der Waals surface area contributed by atoms with Gasteiger partial charge in [0.15, 0.2) is 0 Å². The van der Waals surface area contributed by atoms with Crippen molar-refractivity contribution in [2.24, 2.45) is 5.92 Å². The molecule has 0 spiro atoms. The van der Waals surface area contributed by atoms with Gasteiger partial charge < -0.3 is 14.0 Å². The molecule has 0 aliphatic rings. The third-order valence-corrected chi connectivity index (χ3v) is 2.61. The zero-order valence-electron chi connectivity index (χ0n) is 11.4. The van der Waals surface area contributed by atoms with Crippen LogP contribution >= 0.6 is 7.82 Å². The van der Waals surface area contributed by atoms with Crippen molar-refractivity contribution in [2.45, 2.75) is 13.8 Å². The lowest BCUT2D eigenvalue weighted by atomic mass is 10.2. The topological polar surface area (TPSA) is 119 Å². The number of hydrogen-bond donors (Lipinski definition) is 2. The lowest BCUT2D eigenvalue weighted by Crippen LogP contribution is -2.16. The van der Waals surface area contributed by atoms with Crippen molar-refractivity contribution in [3.05, 3.63) is 29.8 Å². The summed E-state index contributed by atoms with van der Waals surface area (Å²) in [4.78, 5) is 40.1. The Balaban J connectivity index is 2.60. The van der Waals surface area contributed by atoms with E-state index in [1.807, 2.05) is 0 Å². The van der Waals surface area contributed by atoms with Gasteiger partial charge in [0.05, 0.1) is 11.5 Å². The lowest BCUT2D eigenvalue weighted by molar-refractivity contribution is -0.155. The highest BCUT2D eigenvalue weighted by Gasteiger charge is 2.17. The highest BCUT2D eigenvalue weighted by atomic mass is 31.2. The van der Waals surface area contributed by atoms with Crippen LogP contribution in [-0.2, 0) is 18.8 Å². The molecule has 8 nitrogen and oxygen atoms in total. The zero-order chi connectivity index (χ0) is 16.0. The smallest absolute Gasteiger partial charge is 0.428 e. The van der Waals surface area contributed by atoms with Gasteiger partial charge in [-0.1, -0.05) is 19.9 Å². The van der Waals surface area contributed by atoms with Crippen molar-refractivity contribution in [3.8, 4) is 5.75 Å². The maximum Gasteiger partial charge on any atom is 0.524 e. The highest BCUT2D eigenvalue weighted by Crippen LogP contribution is 2.37. The average Bonchev–Trinajstić information content (AvgIpc) is 2.36. The number of phosphoric acid groups is 1. The summed E-state index contributed by atoms with van der Waals surface area (Å²) in [5.41, 5.74) is 0.00143. The van der Waals surface area contributed by atoms with Crippen LogP contribution in [0.2, 0.25) is 0 Å². The Morgan fingerprint density at radius 3 is 2.48 bits per heavy atom. The van der Waals surface area contributed by atoms with Crippen molar-refractivity contribution in [1.29, 1.82) is 0 Å². The van der Waals surface area contributed by atoms with Crippen LogP contribution in [0.1, 0.15) is 24.2 Å². The number of ether oxygens (including phenoxy) is 2. The largest absolute Gasteiger partial charge is 0.524 e. The van der Waals surface area contributed by atoms with E-state index in [-0.39, 0.29) is 17.2 Å². The Morgan fingerprint density at radius 2 is 1.90 bits per heavy atom. The normalized spacial score (nSPS) is 11.1. The molecule has 0 radical (unpaired) electrons. The summed E-state index contributed by atoms with van der Waals surface area (Å²) >= 11 is 0. The summed E-state index contributed by atoms with van der Waals surface area (Å²) in [6, 6.07) is 5.10. The van der Waals surface area contributed by atoms with Gasteiger partial charge in [0.25, 0.3) is 0 Å². The van der Waals surface area contributed by atoms with Gasteiger partial charge in [-0.15, -0.1) is 0 Å². The van der Waals surface area contributed by atoms with E-state index in [1.54, 1.807) is 13.8 Å². The second kappa shape index (κ2) is 7.21. The van der Waals surface area contributed by atoms with Gasteiger partial charge in [0.2, 0.25) is 6.79 Å². The van der Waals surface area contributed by atoms with Crippen LogP contribution in [0.5, 0.6) is 5.75 Å². The molecule has 0 aromatic heterocycles. The van der Waals surface area contributed by atoms with Crippen molar-refractivity contribution < 1.29 is 37.9 Å². The van der Waals surface area contributed by atoms with Gasteiger partial charge >= 0.3 is 19.8 Å². The molecule has 0 saturated heterocycles. The maximum atomic E-state index is 11.7. The first kappa shape index (κ1) is 17.2. The predicted octanol–water partition coefficient (Wildman–Crippen LogP) is 1.47. The zero-order valence-corrected chi connectivity index (χ0v) is 12.3. The number of phosphoric ester groups is 1. The van der Waals surface area contributed by atoms with E-state index < -0.39 is 26.6 Å². The average molecular weight is 318 g/mol. The number of benzene rings is 1. The minimum Gasteiger partial charge on any atom is -0.428 e. The van der Waals surface area contributed by atoms with Crippen molar-refractivity contribution in [3.63, 3.8) is 0 Å². The van der Waals surface area contributed by atoms with Gasteiger partial charge in [-0.05, 0) is 18.2 Å². The summed E-state index contributed by atoms with van der Waals surface area (Å²) in [5.74, 6) is -1.86. The molecule has 0 amide bonds. The van der Waals surface area contributed by atoms with Crippen LogP contribution in [0.3, 0.4) is 0 Å². The lowest BCUT2D eigenvalue weighted by Gasteiger charge is -2.09. The van der Waals surface area contributed by atoms with Crippen molar-refractivity contribution in [2.75, 3.05) is 6.79 Å². The minimum atomic E-state index is -4.70. The fraction of sp³-hybridized carbons (Fsp3) is 0.333. The molecular formula is C12H15O8P. The Kier molecular flexibility index (Phi) is 5.90. The van der Waals surface area contributed by atoms with E-state index in [1.165, 1.54) is 18.2 Å². The molecule has 9 heteroatoms. The third-order valence-electron chi connectivity index (χ3n) is 2.16. The minimum absolute atomic E-state index is 0.00143. The van der Waals surface area contributed by atoms with Gasteiger partial charge in [-0.25, -0.2) is 9.36 Å². The fourth-order valence-corrected chi connectivity index (χ4v) is 1.60. The quantitative estimate of drug-likeness (QED) is 0.460. The Morgan fingerprint density at radius 1 is 1.24 bits per heavy atom. The number of rotatable bonds is 6. The molecule has 0 bridgehead atoms. The molecule has 1 rings (SSSR count). The summed E-state index contributed by atoms with van der Waals surface area (Å²) < 4.78 is 24.4. The van der Waals surface area contributed by atoms with Crippen LogP contribution in [0.25, 0.3) is 0 Å². The summed E-state index contributed by atoms with van der Waals surface area (Å²) in [6.45, 7) is 2.72. The second-order valence-corrected chi connectivity index (χ2v) is 5.44. The maximum absolute atomic E-state index is 11.7. The van der Waals surface area contributed by atoms with Crippen molar-refractivity contribution >= 4 is 19.8 Å². The molecule has 116 valence electrons. The molecule has 0 aliphatic heterocycles. The van der Waals surface area contributed by atoms with Crippen LogP contribution in [0, 0.1) is 5.92 Å².